The molecule has 3 rings (SSSR count). The predicted molar refractivity (Wildman–Crippen MR) is 91.0 cm³/mol. The lowest BCUT2D eigenvalue weighted by Crippen LogP contribution is -2.42. The number of carbonyl (C=O) groups excluding carboxylic acids is 1. The Labute approximate surface area is 145 Å². The van der Waals surface area contributed by atoms with Crippen molar-refractivity contribution < 1.29 is 24.2 Å². The number of benzene rings is 2. The topological polar surface area (TPSA) is 76.1 Å². The van der Waals surface area contributed by atoms with E-state index in [0.717, 1.165) is 11.3 Å². The van der Waals surface area contributed by atoms with Crippen molar-refractivity contribution in [3.63, 3.8) is 0 Å². The molecule has 0 saturated carbocycles. The molecule has 1 atom stereocenters. The summed E-state index contributed by atoms with van der Waals surface area (Å²) in [4.78, 5) is 25.3. The Balaban J connectivity index is 1.74. The van der Waals surface area contributed by atoms with E-state index in [1.165, 1.54) is 12.1 Å². The Kier molecular flexibility index (Phi) is 5.00. The maximum absolute atomic E-state index is 12.7. The third-order valence-corrected chi connectivity index (χ3v) is 4.20. The van der Waals surface area contributed by atoms with Crippen molar-refractivity contribution in [3.8, 4) is 5.75 Å². The molecule has 1 aliphatic rings. The van der Waals surface area contributed by atoms with Gasteiger partial charge in [-0.25, -0.2) is 4.79 Å². The summed E-state index contributed by atoms with van der Waals surface area (Å²) in [5.41, 5.74) is 1.59. The van der Waals surface area contributed by atoms with Crippen LogP contribution >= 0.6 is 0 Å². The molecule has 1 aliphatic heterocycles. The van der Waals surface area contributed by atoms with Gasteiger partial charge >= 0.3 is 5.97 Å². The molecular formula is C19H19NO5. The Bertz CT molecular complexity index is 772. The molecule has 25 heavy (non-hydrogen) atoms. The number of carboxylic acids is 1. The Morgan fingerprint density at radius 1 is 1.16 bits per heavy atom. The molecule has 2 aromatic carbocycles. The van der Waals surface area contributed by atoms with Crippen molar-refractivity contribution in [2.24, 2.45) is 0 Å². The fourth-order valence-corrected chi connectivity index (χ4v) is 2.82. The zero-order valence-electron chi connectivity index (χ0n) is 13.8. The first-order chi connectivity index (χ1) is 12.1. The van der Waals surface area contributed by atoms with E-state index < -0.39 is 5.97 Å². The molecule has 1 saturated heterocycles. The van der Waals surface area contributed by atoms with Gasteiger partial charge in [0, 0.05) is 12.1 Å². The van der Waals surface area contributed by atoms with Crippen LogP contribution in [-0.4, -0.2) is 48.7 Å². The summed E-state index contributed by atoms with van der Waals surface area (Å²) < 4.78 is 11.0. The number of morpholine rings is 1. The van der Waals surface area contributed by atoms with Crippen molar-refractivity contribution in [2.45, 2.75) is 6.10 Å². The van der Waals surface area contributed by atoms with E-state index in [1.807, 2.05) is 24.3 Å². The number of methoxy groups -OCH3 is 1. The minimum atomic E-state index is -1.01. The normalized spacial score (nSPS) is 17.2. The van der Waals surface area contributed by atoms with Crippen molar-refractivity contribution >= 4 is 11.9 Å². The van der Waals surface area contributed by atoms with Gasteiger partial charge in [-0.1, -0.05) is 12.1 Å². The van der Waals surface area contributed by atoms with Crippen LogP contribution in [0.25, 0.3) is 0 Å². The number of amides is 1. The maximum Gasteiger partial charge on any atom is 0.335 e. The van der Waals surface area contributed by atoms with Crippen LogP contribution in [0.3, 0.4) is 0 Å². The summed E-state index contributed by atoms with van der Waals surface area (Å²) in [6.45, 7) is 1.38. The third kappa shape index (κ3) is 3.80. The highest BCUT2D eigenvalue weighted by molar-refractivity contribution is 5.96. The van der Waals surface area contributed by atoms with Crippen LogP contribution in [0.5, 0.6) is 5.75 Å². The molecule has 1 N–H and O–H groups in total. The van der Waals surface area contributed by atoms with Crippen molar-refractivity contribution in [2.75, 3.05) is 26.8 Å². The SMILES string of the molecule is COc1cccc(C2CN(C(=O)c3ccc(C(=O)O)cc3)CCO2)c1. The molecule has 6 heteroatoms. The van der Waals surface area contributed by atoms with Gasteiger partial charge in [0.1, 0.15) is 11.9 Å². The second-order valence-corrected chi connectivity index (χ2v) is 5.77. The summed E-state index contributed by atoms with van der Waals surface area (Å²) in [5.74, 6) is -0.398. The van der Waals surface area contributed by atoms with Crippen molar-refractivity contribution in [3.05, 3.63) is 65.2 Å². The van der Waals surface area contributed by atoms with Crippen LogP contribution in [0.4, 0.5) is 0 Å². The monoisotopic (exact) mass is 341 g/mol. The van der Waals surface area contributed by atoms with Crippen LogP contribution in [0.2, 0.25) is 0 Å². The standard InChI is InChI=1S/C19H19NO5/c1-24-16-4-2-3-15(11-16)17-12-20(9-10-25-17)18(21)13-5-7-14(8-6-13)19(22)23/h2-8,11,17H,9-10,12H2,1H3,(H,22,23). The van der Waals surface area contributed by atoms with E-state index in [0.29, 0.717) is 25.3 Å². The first-order valence-electron chi connectivity index (χ1n) is 7.96. The van der Waals surface area contributed by atoms with Gasteiger partial charge in [-0.2, -0.15) is 0 Å². The molecule has 1 unspecified atom stereocenters. The molecule has 0 radical (unpaired) electrons. The second kappa shape index (κ2) is 7.36. The second-order valence-electron chi connectivity index (χ2n) is 5.77. The van der Waals surface area contributed by atoms with Crippen molar-refractivity contribution in [1.29, 1.82) is 0 Å². The number of ether oxygens (including phenoxy) is 2. The zero-order chi connectivity index (χ0) is 17.8. The Morgan fingerprint density at radius 2 is 1.88 bits per heavy atom. The van der Waals surface area contributed by atoms with Gasteiger partial charge in [0.15, 0.2) is 0 Å². The number of aromatic carboxylic acids is 1. The van der Waals surface area contributed by atoms with E-state index in [2.05, 4.69) is 0 Å². The Hall–Kier alpha value is -2.86. The summed E-state index contributed by atoms with van der Waals surface area (Å²) in [6, 6.07) is 13.6. The van der Waals surface area contributed by atoms with Crippen molar-refractivity contribution in [1.82, 2.24) is 4.90 Å². The quantitative estimate of drug-likeness (QED) is 0.925. The van der Waals surface area contributed by atoms with E-state index >= 15 is 0 Å². The van der Waals surface area contributed by atoms with E-state index in [1.54, 1.807) is 24.1 Å². The fraction of sp³-hybridized carbons (Fsp3) is 0.263. The first-order valence-corrected chi connectivity index (χ1v) is 7.96. The van der Waals surface area contributed by atoms with Crippen LogP contribution in [-0.2, 0) is 4.74 Å². The smallest absolute Gasteiger partial charge is 0.335 e. The molecule has 0 spiro atoms. The highest BCUT2D eigenvalue weighted by atomic mass is 16.5. The predicted octanol–water partition coefficient (Wildman–Crippen LogP) is 2.61. The van der Waals surface area contributed by atoms with Gasteiger partial charge in [0.2, 0.25) is 0 Å². The molecular weight excluding hydrogens is 322 g/mol. The molecule has 1 fully saturated rings. The number of hydrogen-bond donors (Lipinski definition) is 1. The van der Waals surface area contributed by atoms with Crippen LogP contribution in [0.15, 0.2) is 48.5 Å². The van der Waals surface area contributed by atoms with Crippen LogP contribution < -0.4 is 4.74 Å². The molecule has 2 aromatic rings. The lowest BCUT2D eigenvalue weighted by molar-refractivity contribution is -0.0228. The fourth-order valence-electron chi connectivity index (χ4n) is 2.82. The average Bonchev–Trinajstić information content (AvgIpc) is 2.67. The molecule has 1 amide bonds. The van der Waals surface area contributed by atoms with Gasteiger partial charge in [-0.3, -0.25) is 4.79 Å². The van der Waals surface area contributed by atoms with Gasteiger partial charge in [-0.05, 0) is 42.0 Å². The van der Waals surface area contributed by atoms with E-state index in [4.69, 9.17) is 14.6 Å². The van der Waals surface area contributed by atoms with Gasteiger partial charge < -0.3 is 19.5 Å². The molecule has 130 valence electrons. The lowest BCUT2D eigenvalue weighted by atomic mass is 10.1. The minimum Gasteiger partial charge on any atom is -0.497 e. The first kappa shape index (κ1) is 17.0. The number of rotatable bonds is 4. The number of nitrogens with zero attached hydrogens (tertiary/aromatic N) is 1. The summed E-state index contributed by atoms with van der Waals surface area (Å²) in [5, 5.41) is 8.94. The summed E-state index contributed by atoms with van der Waals surface area (Å²) >= 11 is 0. The number of hydrogen-bond acceptors (Lipinski definition) is 4. The lowest BCUT2D eigenvalue weighted by Gasteiger charge is -2.33. The largest absolute Gasteiger partial charge is 0.497 e. The zero-order valence-corrected chi connectivity index (χ0v) is 13.8. The van der Waals surface area contributed by atoms with Crippen LogP contribution in [0.1, 0.15) is 32.4 Å². The van der Waals surface area contributed by atoms with Gasteiger partial charge in [-0.15, -0.1) is 0 Å². The molecule has 0 aliphatic carbocycles. The molecule has 0 aromatic heterocycles. The minimum absolute atomic E-state index is 0.131. The summed E-state index contributed by atoms with van der Waals surface area (Å²) in [6.07, 6.45) is -0.217. The van der Waals surface area contributed by atoms with E-state index in [-0.39, 0.29) is 17.6 Å². The van der Waals surface area contributed by atoms with E-state index in [9.17, 15) is 9.59 Å². The maximum atomic E-state index is 12.7. The molecule has 6 nitrogen and oxygen atoms in total. The number of carbonyl (C=O) groups is 2. The molecule has 0 bridgehead atoms. The average molecular weight is 341 g/mol. The summed E-state index contributed by atoms with van der Waals surface area (Å²) in [7, 11) is 1.61. The van der Waals surface area contributed by atoms with Crippen LogP contribution in [0, 0.1) is 0 Å². The van der Waals surface area contributed by atoms with Gasteiger partial charge in [0.25, 0.3) is 5.91 Å². The molecule has 1 heterocycles. The highest BCUT2D eigenvalue weighted by Crippen LogP contribution is 2.26. The third-order valence-electron chi connectivity index (χ3n) is 4.20. The number of carboxylic acid groups (broad SMARTS) is 1. The Morgan fingerprint density at radius 3 is 2.56 bits per heavy atom. The van der Waals surface area contributed by atoms with Gasteiger partial charge in [0.05, 0.1) is 25.8 Å². The highest BCUT2D eigenvalue weighted by Gasteiger charge is 2.26.